The highest BCUT2D eigenvalue weighted by molar-refractivity contribution is 5.64. The number of nitrogens with two attached hydrogens (primary N) is 1. The van der Waals surface area contributed by atoms with Gasteiger partial charge in [-0.25, -0.2) is 0 Å². The van der Waals surface area contributed by atoms with Crippen molar-refractivity contribution in [1.29, 1.82) is 0 Å². The van der Waals surface area contributed by atoms with E-state index in [4.69, 9.17) is 5.73 Å². The average molecular weight is 232 g/mol. The quantitative estimate of drug-likeness (QED) is 0.851. The Morgan fingerprint density at radius 1 is 1.29 bits per heavy atom. The largest absolute Gasteiger partial charge is 0.394 e. The molecule has 0 radical (unpaired) electrons. The summed E-state index contributed by atoms with van der Waals surface area (Å²) in [4.78, 5) is 11.8. The van der Waals surface area contributed by atoms with Crippen molar-refractivity contribution in [1.82, 2.24) is 14.3 Å². The molecule has 0 aliphatic heterocycles. The smallest absolute Gasteiger partial charge is 0.273 e. The van der Waals surface area contributed by atoms with Crippen molar-refractivity contribution < 1.29 is 0 Å². The van der Waals surface area contributed by atoms with Gasteiger partial charge in [0.1, 0.15) is 0 Å². The standard InChI is InChI=1S/C12H16N4O/c1-8(2)16-7-9(4-11(13)12(16)17)10-5-14-15(3)6-10/h4-8H,13H2,1-3H3. The fourth-order valence-corrected chi connectivity index (χ4v) is 1.74. The molecular weight excluding hydrogens is 216 g/mol. The van der Waals surface area contributed by atoms with Crippen LogP contribution in [0.2, 0.25) is 0 Å². The SMILES string of the molecule is CC(C)n1cc(-c2cnn(C)c2)cc(N)c1=O. The van der Waals surface area contributed by atoms with Gasteiger partial charge in [0, 0.05) is 36.6 Å². The van der Waals surface area contributed by atoms with Crippen LogP contribution in [0, 0.1) is 0 Å². The van der Waals surface area contributed by atoms with Crippen molar-refractivity contribution in [2.75, 3.05) is 5.73 Å². The highest BCUT2D eigenvalue weighted by Gasteiger charge is 2.09. The minimum atomic E-state index is -0.146. The van der Waals surface area contributed by atoms with Crippen LogP contribution < -0.4 is 11.3 Å². The second-order valence-electron chi connectivity index (χ2n) is 4.39. The van der Waals surface area contributed by atoms with Crippen molar-refractivity contribution in [2.45, 2.75) is 19.9 Å². The first kappa shape index (κ1) is 11.4. The first-order valence-electron chi connectivity index (χ1n) is 5.49. The third kappa shape index (κ3) is 2.08. The van der Waals surface area contributed by atoms with Crippen molar-refractivity contribution in [2.24, 2.45) is 7.05 Å². The summed E-state index contributed by atoms with van der Waals surface area (Å²) in [6.07, 6.45) is 5.47. The van der Waals surface area contributed by atoms with Crippen molar-refractivity contribution in [3.8, 4) is 11.1 Å². The molecule has 0 unspecified atom stereocenters. The molecule has 5 nitrogen and oxygen atoms in total. The van der Waals surface area contributed by atoms with Crippen molar-refractivity contribution in [3.05, 3.63) is 35.0 Å². The number of hydrogen-bond donors (Lipinski definition) is 1. The lowest BCUT2D eigenvalue weighted by Crippen LogP contribution is -2.24. The Morgan fingerprint density at radius 3 is 2.53 bits per heavy atom. The lowest BCUT2D eigenvalue weighted by atomic mass is 10.1. The Kier molecular flexibility index (Phi) is 2.75. The molecule has 2 heterocycles. The van der Waals surface area contributed by atoms with Gasteiger partial charge in [0.2, 0.25) is 0 Å². The molecule has 0 aliphatic rings. The van der Waals surface area contributed by atoms with Gasteiger partial charge in [0.05, 0.1) is 11.9 Å². The van der Waals surface area contributed by atoms with E-state index in [1.165, 1.54) is 0 Å². The van der Waals surface area contributed by atoms with Crippen LogP contribution in [0.5, 0.6) is 0 Å². The van der Waals surface area contributed by atoms with Gasteiger partial charge in [0.15, 0.2) is 0 Å². The zero-order valence-corrected chi connectivity index (χ0v) is 10.2. The summed E-state index contributed by atoms with van der Waals surface area (Å²) in [5.74, 6) is 0. The summed E-state index contributed by atoms with van der Waals surface area (Å²) in [5.41, 5.74) is 7.72. The number of aromatic nitrogens is 3. The van der Waals surface area contributed by atoms with Crippen LogP contribution in [0.15, 0.2) is 29.5 Å². The lowest BCUT2D eigenvalue weighted by molar-refractivity contribution is 0.581. The van der Waals surface area contributed by atoms with Gasteiger partial charge in [-0.15, -0.1) is 0 Å². The highest BCUT2D eigenvalue weighted by atomic mass is 16.1. The monoisotopic (exact) mass is 232 g/mol. The number of anilines is 1. The molecule has 2 rings (SSSR count). The minimum Gasteiger partial charge on any atom is -0.394 e. The van der Waals surface area contributed by atoms with Gasteiger partial charge in [-0.2, -0.15) is 5.10 Å². The van der Waals surface area contributed by atoms with Gasteiger partial charge in [0.25, 0.3) is 5.56 Å². The fraction of sp³-hybridized carbons (Fsp3) is 0.333. The molecule has 0 bridgehead atoms. The van der Waals surface area contributed by atoms with Gasteiger partial charge < -0.3 is 10.3 Å². The van der Waals surface area contributed by atoms with Crippen LogP contribution >= 0.6 is 0 Å². The summed E-state index contributed by atoms with van der Waals surface area (Å²) in [7, 11) is 1.85. The Balaban J connectivity index is 2.61. The topological polar surface area (TPSA) is 65.8 Å². The van der Waals surface area contributed by atoms with E-state index in [0.29, 0.717) is 0 Å². The Hall–Kier alpha value is -2.04. The molecule has 2 aromatic rings. The van der Waals surface area contributed by atoms with E-state index in [1.54, 1.807) is 21.5 Å². The van der Waals surface area contributed by atoms with E-state index in [9.17, 15) is 4.79 Å². The van der Waals surface area contributed by atoms with Gasteiger partial charge in [-0.05, 0) is 19.9 Å². The van der Waals surface area contributed by atoms with Crippen LogP contribution in [0.25, 0.3) is 11.1 Å². The Bertz CT molecular complexity index is 595. The maximum atomic E-state index is 11.8. The molecule has 0 spiro atoms. The van der Waals surface area contributed by atoms with Crippen LogP contribution in [0.3, 0.4) is 0 Å². The van der Waals surface area contributed by atoms with Gasteiger partial charge in [-0.3, -0.25) is 9.48 Å². The maximum absolute atomic E-state index is 11.8. The summed E-state index contributed by atoms with van der Waals surface area (Å²) in [5, 5.41) is 4.11. The third-order valence-electron chi connectivity index (χ3n) is 2.67. The second-order valence-corrected chi connectivity index (χ2v) is 4.39. The third-order valence-corrected chi connectivity index (χ3v) is 2.67. The number of aryl methyl sites for hydroxylation is 1. The molecule has 0 saturated heterocycles. The molecule has 17 heavy (non-hydrogen) atoms. The molecule has 90 valence electrons. The first-order chi connectivity index (χ1) is 7.99. The molecular formula is C12H16N4O. The zero-order chi connectivity index (χ0) is 12.6. The van der Waals surface area contributed by atoms with E-state index < -0.39 is 0 Å². The van der Waals surface area contributed by atoms with E-state index in [-0.39, 0.29) is 17.3 Å². The molecule has 0 aromatic carbocycles. The normalized spacial score (nSPS) is 11.1. The van der Waals surface area contributed by atoms with Crippen molar-refractivity contribution in [3.63, 3.8) is 0 Å². The number of pyridine rings is 1. The summed E-state index contributed by atoms with van der Waals surface area (Å²) in [6.45, 7) is 3.90. The van der Waals surface area contributed by atoms with Gasteiger partial charge >= 0.3 is 0 Å². The summed E-state index contributed by atoms with van der Waals surface area (Å²) >= 11 is 0. The Labute approximate surface area is 99.5 Å². The van der Waals surface area contributed by atoms with Crippen LogP contribution in [0.1, 0.15) is 19.9 Å². The van der Waals surface area contributed by atoms with Crippen molar-refractivity contribution >= 4 is 5.69 Å². The summed E-state index contributed by atoms with van der Waals surface area (Å²) in [6, 6.07) is 1.78. The molecule has 0 fully saturated rings. The predicted molar refractivity (Wildman–Crippen MR) is 67.7 cm³/mol. The van der Waals surface area contributed by atoms with Crippen LogP contribution in [-0.4, -0.2) is 14.3 Å². The molecule has 0 atom stereocenters. The molecule has 5 heteroatoms. The van der Waals surface area contributed by atoms with E-state index in [0.717, 1.165) is 11.1 Å². The maximum Gasteiger partial charge on any atom is 0.273 e. The number of nitrogen functional groups attached to an aromatic ring is 1. The fourth-order valence-electron chi connectivity index (χ4n) is 1.74. The molecule has 0 saturated carbocycles. The second kappa shape index (κ2) is 4.08. The van der Waals surface area contributed by atoms with E-state index in [2.05, 4.69) is 5.10 Å². The minimum absolute atomic E-state index is 0.0846. The lowest BCUT2D eigenvalue weighted by Gasteiger charge is -2.12. The zero-order valence-electron chi connectivity index (χ0n) is 10.2. The molecule has 0 amide bonds. The highest BCUT2D eigenvalue weighted by Crippen LogP contribution is 2.19. The Morgan fingerprint density at radius 2 is 2.00 bits per heavy atom. The van der Waals surface area contributed by atoms with E-state index in [1.807, 2.05) is 33.3 Å². The summed E-state index contributed by atoms with van der Waals surface area (Å²) < 4.78 is 3.36. The van der Waals surface area contributed by atoms with Crippen LogP contribution in [-0.2, 0) is 7.05 Å². The predicted octanol–water partition coefficient (Wildman–Crippen LogP) is 1.41. The first-order valence-corrected chi connectivity index (χ1v) is 5.49. The molecule has 0 aliphatic carbocycles. The van der Waals surface area contributed by atoms with E-state index >= 15 is 0 Å². The molecule has 2 N–H and O–H groups in total. The number of rotatable bonds is 2. The average Bonchev–Trinajstić information content (AvgIpc) is 2.68. The molecule has 2 aromatic heterocycles. The van der Waals surface area contributed by atoms with Crippen LogP contribution in [0.4, 0.5) is 5.69 Å². The van der Waals surface area contributed by atoms with Gasteiger partial charge in [-0.1, -0.05) is 0 Å². The number of hydrogen-bond acceptors (Lipinski definition) is 3. The number of nitrogens with zero attached hydrogens (tertiary/aromatic N) is 3.